The average molecular weight is 207 g/mol. The maximum Gasteiger partial charge on any atom is 0.196 e. The first-order chi connectivity index (χ1) is 7.16. The third kappa shape index (κ3) is 2.22. The van der Waals surface area contributed by atoms with Crippen LogP contribution in [-0.4, -0.2) is 19.4 Å². The van der Waals surface area contributed by atoms with Crippen molar-refractivity contribution in [2.24, 2.45) is 5.92 Å². The highest BCUT2D eigenvalue weighted by atomic mass is 16.4. The number of nitrogens with zero attached hydrogens (tertiary/aromatic N) is 1. The van der Waals surface area contributed by atoms with Crippen LogP contribution in [0.25, 0.3) is 0 Å². The van der Waals surface area contributed by atoms with E-state index in [1.54, 1.807) is 6.07 Å². The van der Waals surface area contributed by atoms with Gasteiger partial charge in [0.2, 0.25) is 0 Å². The quantitative estimate of drug-likeness (QED) is 0.712. The third-order valence-corrected chi connectivity index (χ3v) is 3.07. The van der Waals surface area contributed by atoms with Gasteiger partial charge in [-0.1, -0.05) is 6.42 Å². The van der Waals surface area contributed by atoms with Crippen molar-refractivity contribution in [3.8, 4) is 0 Å². The molecule has 0 aromatic carbocycles. The van der Waals surface area contributed by atoms with Crippen LogP contribution >= 0.6 is 0 Å². The summed E-state index contributed by atoms with van der Waals surface area (Å²) in [5.74, 6) is 2.04. The fourth-order valence-corrected chi connectivity index (χ4v) is 1.87. The fraction of sp³-hybridized carbons (Fsp3) is 0.583. The Bertz CT molecular complexity index is 352. The van der Waals surface area contributed by atoms with Crippen LogP contribution < -0.4 is 4.90 Å². The summed E-state index contributed by atoms with van der Waals surface area (Å²) in [7, 11) is 2.01. The minimum absolute atomic E-state index is 0.0155. The topological polar surface area (TPSA) is 33.5 Å². The molecule has 0 spiro atoms. The molecule has 0 saturated heterocycles. The van der Waals surface area contributed by atoms with Gasteiger partial charge < -0.3 is 9.32 Å². The summed E-state index contributed by atoms with van der Waals surface area (Å²) >= 11 is 0. The molecule has 0 N–H and O–H groups in total. The molecule has 2 rings (SSSR count). The number of furan rings is 1. The van der Waals surface area contributed by atoms with Crippen molar-refractivity contribution in [2.45, 2.75) is 26.2 Å². The van der Waals surface area contributed by atoms with E-state index in [4.69, 9.17) is 4.42 Å². The number of ketones is 1. The van der Waals surface area contributed by atoms with Crippen molar-refractivity contribution in [2.75, 3.05) is 18.5 Å². The largest absolute Gasteiger partial charge is 0.437 e. The van der Waals surface area contributed by atoms with Crippen LogP contribution in [0.15, 0.2) is 16.5 Å². The molecular formula is C12H17NO2. The van der Waals surface area contributed by atoms with Crippen LogP contribution in [-0.2, 0) is 0 Å². The Kier molecular flexibility index (Phi) is 2.80. The summed E-state index contributed by atoms with van der Waals surface area (Å²) in [6.45, 7) is 2.55. The Hall–Kier alpha value is -1.25. The van der Waals surface area contributed by atoms with Crippen molar-refractivity contribution in [1.82, 2.24) is 0 Å². The van der Waals surface area contributed by atoms with E-state index < -0.39 is 0 Å². The first-order valence-corrected chi connectivity index (χ1v) is 5.48. The third-order valence-electron chi connectivity index (χ3n) is 3.07. The van der Waals surface area contributed by atoms with Gasteiger partial charge in [0.15, 0.2) is 17.4 Å². The van der Waals surface area contributed by atoms with Gasteiger partial charge in [0.25, 0.3) is 0 Å². The molecule has 1 aromatic heterocycles. The number of hydrogen-bond donors (Lipinski definition) is 0. The minimum atomic E-state index is -0.0155. The predicted molar refractivity (Wildman–Crippen MR) is 59.3 cm³/mol. The molecule has 0 radical (unpaired) electrons. The van der Waals surface area contributed by atoms with Gasteiger partial charge in [0, 0.05) is 26.6 Å². The maximum absolute atomic E-state index is 11.1. The first-order valence-electron chi connectivity index (χ1n) is 5.48. The summed E-state index contributed by atoms with van der Waals surface area (Å²) in [5.41, 5.74) is 0. The second-order valence-corrected chi connectivity index (χ2v) is 4.37. The lowest BCUT2D eigenvalue weighted by molar-refractivity contribution is 0.0988. The second-order valence-electron chi connectivity index (χ2n) is 4.37. The van der Waals surface area contributed by atoms with E-state index in [0.29, 0.717) is 5.76 Å². The lowest BCUT2D eigenvalue weighted by Gasteiger charge is -2.29. The lowest BCUT2D eigenvalue weighted by Crippen LogP contribution is -2.28. The summed E-state index contributed by atoms with van der Waals surface area (Å²) < 4.78 is 5.45. The van der Waals surface area contributed by atoms with Crippen molar-refractivity contribution >= 4 is 11.7 Å². The fourth-order valence-electron chi connectivity index (χ4n) is 1.87. The van der Waals surface area contributed by atoms with Gasteiger partial charge in [0.1, 0.15) is 0 Å². The monoisotopic (exact) mass is 207 g/mol. The van der Waals surface area contributed by atoms with Crippen molar-refractivity contribution in [3.63, 3.8) is 0 Å². The summed E-state index contributed by atoms with van der Waals surface area (Å²) in [4.78, 5) is 13.2. The van der Waals surface area contributed by atoms with Crippen molar-refractivity contribution < 1.29 is 9.21 Å². The second kappa shape index (κ2) is 4.09. The number of anilines is 1. The number of rotatable bonds is 4. The zero-order valence-electron chi connectivity index (χ0n) is 9.32. The SMILES string of the molecule is CC(=O)c1ccc(N(C)CC2CCC2)o1. The molecule has 1 aromatic rings. The van der Waals surface area contributed by atoms with Crippen LogP contribution in [0.4, 0.5) is 5.88 Å². The molecule has 1 saturated carbocycles. The molecule has 3 nitrogen and oxygen atoms in total. The molecule has 0 amide bonds. The lowest BCUT2D eigenvalue weighted by atomic mass is 9.85. The highest BCUT2D eigenvalue weighted by Gasteiger charge is 2.20. The Balaban J connectivity index is 1.97. The Morgan fingerprint density at radius 2 is 2.27 bits per heavy atom. The number of carbonyl (C=O) groups excluding carboxylic acids is 1. The van der Waals surface area contributed by atoms with Crippen LogP contribution in [0, 0.1) is 5.92 Å². The first kappa shape index (κ1) is 10.3. The van der Waals surface area contributed by atoms with Gasteiger partial charge >= 0.3 is 0 Å². The van der Waals surface area contributed by atoms with Crippen LogP contribution in [0.5, 0.6) is 0 Å². The standard InChI is InChI=1S/C12H17NO2/c1-9(14)11-6-7-12(15-11)13(2)8-10-4-3-5-10/h6-7,10H,3-5,8H2,1-2H3. The Labute approximate surface area is 90.1 Å². The molecule has 0 aliphatic heterocycles. The van der Waals surface area contributed by atoms with E-state index >= 15 is 0 Å². The molecule has 15 heavy (non-hydrogen) atoms. The average Bonchev–Trinajstić information content (AvgIpc) is 2.59. The van der Waals surface area contributed by atoms with Gasteiger partial charge in [-0.2, -0.15) is 0 Å². The maximum atomic E-state index is 11.1. The molecule has 0 atom stereocenters. The van der Waals surface area contributed by atoms with Crippen molar-refractivity contribution in [3.05, 3.63) is 17.9 Å². The highest BCUT2D eigenvalue weighted by Crippen LogP contribution is 2.28. The van der Waals surface area contributed by atoms with Gasteiger partial charge in [-0.25, -0.2) is 0 Å². The normalized spacial score (nSPS) is 16.1. The zero-order valence-corrected chi connectivity index (χ0v) is 9.32. The molecular weight excluding hydrogens is 190 g/mol. The van der Waals surface area contributed by atoms with E-state index in [0.717, 1.165) is 18.3 Å². The molecule has 3 heteroatoms. The number of carbonyl (C=O) groups is 1. The van der Waals surface area contributed by atoms with E-state index in [9.17, 15) is 4.79 Å². The summed E-state index contributed by atoms with van der Waals surface area (Å²) in [6, 6.07) is 3.62. The minimum Gasteiger partial charge on any atom is -0.437 e. The zero-order chi connectivity index (χ0) is 10.8. The van der Waals surface area contributed by atoms with Gasteiger partial charge in [-0.3, -0.25) is 4.79 Å². The number of hydrogen-bond acceptors (Lipinski definition) is 3. The van der Waals surface area contributed by atoms with E-state index in [1.807, 2.05) is 13.1 Å². The smallest absolute Gasteiger partial charge is 0.196 e. The summed E-state index contributed by atoms with van der Waals surface area (Å²) in [6.07, 6.45) is 4.00. The van der Waals surface area contributed by atoms with Gasteiger partial charge in [-0.15, -0.1) is 0 Å². The molecule has 1 aliphatic carbocycles. The van der Waals surface area contributed by atoms with Gasteiger partial charge in [-0.05, 0) is 24.8 Å². The molecule has 1 heterocycles. The molecule has 1 fully saturated rings. The predicted octanol–water partition coefficient (Wildman–Crippen LogP) is 2.72. The molecule has 82 valence electrons. The Morgan fingerprint density at radius 1 is 1.53 bits per heavy atom. The Morgan fingerprint density at radius 3 is 2.73 bits per heavy atom. The molecule has 0 bridgehead atoms. The van der Waals surface area contributed by atoms with E-state index in [-0.39, 0.29) is 5.78 Å². The molecule has 0 unspecified atom stereocenters. The van der Waals surface area contributed by atoms with E-state index in [2.05, 4.69) is 4.90 Å². The van der Waals surface area contributed by atoms with Crippen LogP contribution in [0.1, 0.15) is 36.7 Å². The van der Waals surface area contributed by atoms with E-state index in [1.165, 1.54) is 26.2 Å². The van der Waals surface area contributed by atoms with Crippen molar-refractivity contribution in [1.29, 1.82) is 0 Å². The summed E-state index contributed by atoms with van der Waals surface area (Å²) in [5, 5.41) is 0. The van der Waals surface area contributed by atoms with Crippen LogP contribution in [0.3, 0.4) is 0 Å². The van der Waals surface area contributed by atoms with Gasteiger partial charge in [0.05, 0.1) is 0 Å². The molecule has 1 aliphatic rings. The van der Waals surface area contributed by atoms with Crippen LogP contribution in [0.2, 0.25) is 0 Å². The highest BCUT2D eigenvalue weighted by molar-refractivity contribution is 5.91. The number of Topliss-reactive ketones (excluding diaryl/α,β-unsaturated/α-hetero) is 1.